The molecule has 0 radical (unpaired) electrons. The number of nitro benzene ring substituents is 1. The normalized spacial score (nSPS) is 10.9. The Labute approximate surface area is 120 Å². The smallest absolute Gasteiger partial charge is 0.270 e. The number of anilines is 1. The molecule has 0 spiro atoms. The number of aromatic nitrogens is 3. The van der Waals surface area contributed by atoms with Crippen LogP contribution < -0.4 is 5.73 Å². The zero-order valence-corrected chi connectivity index (χ0v) is 11.4. The Balaban J connectivity index is 2.29. The van der Waals surface area contributed by atoms with Crippen molar-refractivity contribution in [2.45, 2.75) is 13.5 Å². The fraction of sp³-hybridized carbons (Fsp3) is 0.143. The molecule has 2 aromatic heterocycles. The lowest BCUT2D eigenvalue weighted by Crippen LogP contribution is -2.01. The van der Waals surface area contributed by atoms with Crippen molar-refractivity contribution < 1.29 is 4.92 Å². The summed E-state index contributed by atoms with van der Waals surface area (Å²) in [5.41, 5.74) is 8.64. The van der Waals surface area contributed by atoms with Gasteiger partial charge in [0.05, 0.1) is 16.6 Å². The Kier molecular flexibility index (Phi) is 3.02. The molecule has 0 atom stereocenters. The second-order valence-corrected chi connectivity index (χ2v) is 4.57. The van der Waals surface area contributed by atoms with Crippen LogP contribution in [0.5, 0.6) is 0 Å². The molecule has 2 N–H and O–H groups in total. The van der Waals surface area contributed by atoms with Gasteiger partial charge in [-0.1, -0.05) is 0 Å². The van der Waals surface area contributed by atoms with Gasteiger partial charge in [-0.25, -0.2) is 4.98 Å². The van der Waals surface area contributed by atoms with Crippen molar-refractivity contribution in [3.05, 3.63) is 46.8 Å². The molecule has 21 heavy (non-hydrogen) atoms. The number of imidazole rings is 1. The van der Waals surface area contributed by atoms with Crippen LogP contribution in [0.2, 0.25) is 0 Å². The predicted octanol–water partition coefficient (Wildman–Crippen LogP) is 2.61. The van der Waals surface area contributed by atoms with E-state index in [0.29, 0.717) is 23.6 Å². The van der Waals surface area contributed by atoms with E-state index in [-0.39, 0.29) is 5.69 Å². The van der Waals surface area contributed by atoms with Crippen molar-refractivity contribution >= 4 is 22.4 Å². The molecule has 0 amide bonds. The second-order valence-electron chi connectivity index (χ2n) is 4.57. The molecule has 0 aliphatic heterocycles. The number of nitrogen functional groups attached to an aromatic ring is 1. The summed E-state index contributed by atoms with van der Waals surface area (Å²) >= 11 is 0. The highest BCUT2D eigenvalue weighted by molar-refractivity contribution is 5.83. The van der Waals surface area contributed by atoms with Gasteiger partial charge in [0.1, 0.15) is 11.3 Å². The summed E-state index contributed by atoms with van der Waals surface area (Å²) in [5.74, 6) is 0.613. The van der Waals surface area contributed by atoms with Crippen LogP contribution in [0, 0.1) is 10.1 Å². The van der Waals surface area contributed by atoms with Crippen LogP contribution in [-0.4, -0.2) is 19.5 Å². The van der Waals surface area contributed by atoms with Crippen LogP contribution >= 0.6 is 0 Å². The number of aryl methyl sites for hydroxylation is 1. The molecular formula is C14H13N5O2. The minimum Gasteiger partial charge on any atom is -0.398 e. The van der Waals surface area contributed by atoms with E-state index in [9.17, 15) is 10.1 Å². The van der Waals surface area contributed by atoms with E-state index < -0.39 is 4.92 Å². The number of non-ortho nitro benzene ring substituents is 1. The quantitative estimate of drug-likeness (QED) is 0.452. The average Bonchev–Trinajstić information content (AvgIpc) is 2.85. The molecule has 0 unspecified atom stereocenters. The molecule has 106 valence electrons. The standard InChI is InChI=1S/C14H13N5O2/c1-2-18-13-5-6-16-8-12(13)17-14(18)10-7-9(19(20)21)3-4-11(10)15/h3-8H,2,15H2,1H3. The van der Waals surface area contributed by atoms with Gasteiger partial charge in [-0.05, 0) is 19.1 Å². The predicted molar refractivity (Wildman–Crippen MR) is 79.7 cm³/mol. The molecule has 0 saturated carbocycles. The fourth-order valence-corrected chi connectivity index (χ4v) is 2.36. The molecule has 0 aliphatic rings. The van der Waals surface area contributed by atoms with Crippen molar-refractivity contribution in [3.63, 3.8) is 0 Å². The molecule has 1 aromatic carbocycles. The van der Waals surface area contributed by atoms with Crippen molar-refractivity contribution in [2.75, 3.05) is 5.73 Å². The summed E-state index contributed by atoms with van der Waals surface area (Å²) in [5, 5.41) is 10.9. The zero-order chi connectivity index (χ0) is 15.0. The second kappa shape index (κ2) is 4.86. The number of fused-ring (bicyclic) bond motifs is 1. The van der Waals surface area contributed by atoms with Gasteiger partial charge >= 0.3 is 0 Å². The lowest BCUT2D eigenvalue weighted by atomic mass is 10.1. The van der Waals surface area contributed by atoms with Crippen LogP contribution in [0.3, 0.4) is 0 Å². The zero-order valence-electron chi connectivity index (χ0n) is 11.4. The first kappa shape index (κ1) is 13.0. The van der Waals surface area contributed by atoms with Gasteiger partial charge < -0.3 is 10.3 Å². The molecule has 0 saturated heterocycles. The van der Waals surface area contributed by atoms with Gasteiger partial charge in [0, 0.05) is 36.1 Å². The number of pyridine rings is 1. The number of rotatable bonds is 3. The SMILES string of the molecule is CCn1c(-c2cc([N+](=O)[O-])ccc2N)nc2cnccc21. The summed E-state index contributed by atoms with van der Waals surface area (Å²) in [6.45, 7) is 2.66. The number of nitro groups is 1. The van der Waals surface area contributed by atoms with Crippen molar-refractivity contribution in [1.82, 2.24) is 14.5 Å². The maximum atomic E-state index is 10.9. The highest BCUT2D eigenvalue weighted by Gasteiger charge is 2.17. The lowest BCUT2D eigenvalue weighted by molar-refractivity contribution is -0.384. The van der Waals surface area contributed by atoms with Crippen molar-refractivity contribution in [1.29, 1.82) is 0 Å². The van der Waals surface area contributed by atoms with E-state index in [2.05, 4.69) is 9.97 Å². The Morgan fingerprint density at radius 2 is 2.19 bits per heavy atom. The number of nitrogens with two attached hydrogens (primary N) is 1. The largest absolute Gasteiger partial charge is 0.398 e. The minimum atomic E-state index is -0.441. The Bertz CT molecular complexity index is 840. The summed E-state index contributed by atoms with van der Waals surface area (Å²) in [6.07, 6.45) is 3.36. The number of hydrogen-bond donors (Lipinski definition) is 1. The average molecular weight is 283 g/mol. The Morgan fingerprint density at radius 3 is 2.90 bits per heavy atom. The lowest BCUT2D eigenvalue weighted by Gasteiger charge is -2.08. The molecule has 0 bridgehead atoms. The highest BCUT2D eigenvalue weighted by atomic mass is 16.6. The van der Waals surface area contributed by atoms with Crippen LogP contribution in [-0.2, 0) is 6.54 Å². The van der Waals surface area contributed by atoms with Gasteiger partial charge in [-0.15, -0.1) is 0 Å². The molecule has 7 heteroatoms. The van der Waals surface area contributed by atoms with E-state index in [4.69, 9.17) is 5.73 Å². The van der Waals surface area contributed by atoms with Crippen molar-refractivity contribution in [3.8, 4) is 11.4 Å². The molecule has 0 fully saturated rings. The molecule has 7 nitrogen and oxygen atoms in total. The van der Waals surface area contributed by atoms with E-state index in [0.717, 1.165) is 11.0 Å². The van der Waals surface area contributed by atoms with E-state index in [1.807, 2.05) is 17.6 Å². The van der Waals surface area contributed by atoms with E-state index in [1.165, 1.54) is 18.2 Å². The summed E-state index contributed by atoms with van der Waals surface area (Å²) in [4.78, 5) is 19.1. The third kappa shape index (κ3) is 2.08. The molecule has 3 rings (SSSR count). The van der Waals surface area contributed by atoms with Crippen molar-refractivity contribution in [2.24, 2.45) is 0 Å². The fourth-order valence-electron chi connectivity index (χ4n) is 2.36. The first-order valence-corrected chi connectivity index (χ1v) is 6.46. The summed E-state index contributed by atoms with van der Waals surface area (Å²) in [7, 11) is 0. The first-order valence-electron chi connectivity index (χ1n) is 6.46. The maximum absolute atomic E-state index is 10.9. The van der Waals surface area contributed by atoms with Gasteiger partial charge in [0.25, 0.3) is 5.69 Å². The highest BCUT2D eigenvalue weighted by Crippen LogP contribution is 2.31. The Hall–Kier alpha value is -2.96. The number of hydrogen-bond acceptors (Lipinski definition) is 5. The minimum absolute atomic E-state index is 0.00738. The third-order valence-electron chi connectivity index (χ3n) is 3.36. The van der Waals surface area contributed by atoms with E-state index in [1.54, 1.807) is 12.4 Å². The number of nitrogens with zero attached hydrogens (tertiary/aromatic N) is 4. The molecule has 3 aromatic rings. The molecular weight excluding hydrogens is 270 g/mol. The Morgan fingerprint density at radius 1 is 1.38 bits per heavy atom. The van der Waals surface area contributed by atoms with Crippen LogP contribution in [0.15, 0.2) is 36.7 Å². The van der Waals surface area contributed by atoms with Gasteiger partial charge in [-0.2, -0.15) is 0 Å². The topological polar surface area (TPSA) is 99.9 Å². The monoisotopic (exact) mass is 283 g/mol. The van der Waals surface area contributed by atoms with Crippen LogP contribution in [0.25, 0.3) is 22.4 Å². The van der Waals surface area contributed by atoms with E-state index >= 15 is 0 Å². The van der Waals surface area contributed by atoms with Crippen LogP contribution in [0.4, 0.5) is 11.4 Å². The van der Waals surface area contributed by atoms with Crippen LogP contribution in [0.1, 0.15) is 6.92 Å². The maximum Gasteiger partial charge on any atom is 0.270 e. The van der Waals surface area contributed by atoms with Gasteiger partial charge in [0.15, 0.2) is 0 Å². The molecule has 2 heterocycles. The summed E-state index contributed by atoms with van der Waals surface area (Å²) in [6, 6.07) is 6.24. The molecule has 0 aliphatic carbocycles. The third-order valence-corrected chi connectivity index (χ3v) is 3.36. The van der Waals surface area contributed by atoms with Gasteiger partial charge in [-0.3, -0.25) is 15.1 Å². The number of benzene rings is 1. The summed E-state index contributed by atoms with van der Waals surface area (Å²) < 4.78 is 1.96. The first-order chi connectivity index (χ1) is 10.1. The van der Waals surface area contributed by atoms with Gasteiger partial charge in [0.2, 0.25) is 0 Å².